The van der Waals surface area contributed by atoms with Crippen molar-refractivity contribution in [1.82, 2.24) is 24.2 Å². The lowest BCUT2D eigenvalue weighted by atomic mass is 10.2. The lowest BCUT2D eigenvalue weighted by molar-refractivity contribution is 0.0526. The molecule has 0 atom stereocenters. The third kappa shape index (κ3) is 4.46. The van der Waals surface area contributed by atoms with Gasteiger partial charge in [-0.3, -0.25) is 9.47 Å². The van der Waals surface area contributed by atoms with Gasteiger partial charge in [0.05, 0.1) is 18.8 Å². The van der Waals surface area contributed by atoms with E-state index in [1.807, 2.05) is 16.8 Å². The van der Waals surface area contributed by atoms with Crippen LogP contribution in [0.1, 0.15) is 41.9 Å². The number of aromatic nitrogens is 4. The number of allylic oxidation sites excluding steroid dienone is 1. The number of carbonyl (C=O) groups is 1. The second kappa shape index (κ2) is 9.09. The van der Waals surface area contributed by atoms with Gasteiger partial charge in [-0.15, -0.1) is 6.58 Å². The molecule has 0 spiro atoms. The standard InChI is InChI=1S/C21H28N6O2S/c1-3-9-26-19(16-5-6-16)23-27(21(26)30)15-24-10-12-25(13-11-24)18-8-7-17(14-22-18)20(28)29-4-2/h3,7-8,14,16H,1,4-6,9-13,15H2,2H3. The van der Waals surface area contributed by atoms with E-state index in [-0.39, 0.29) is 5.97 Å². The molecule has 0 N–H and O–H groups in total. The highest BCUT2D eigenvalue weighted by molar-refractivity contribution is 7.71. The van der Waals surface area contributed by atoms with Gasteiger partial charge >= 0.3 is 5.97 Å². The van der Waals surface area contributed by atoms with Gasteiger partial charge in [-0.05, 0) is 44.1 Å². The van der Waals surface area contributed by atoms with Crippen molar-refractivity contribution in [3.8, 4) is 0 Å². The molecule has 1 saturated heterocycles. The SMILES string of the molecule is C=CCn1c(C2CC2)nn(CN2CCN(c3ccc(C(=O)OCC)cn3)CC2)c1=S. The molecule has 8 nitrogen and oxygen atoms in total. The number of esters is 1. The van der Waals surface area contributed by atoms with Gasteiger partial charge in [-0.25, -0.2) is 14.5 Å². The minimum atomic E-state index is -0.334. The number of pyridine rings is 1. The highest BCUT2D eigenvalue weighted by Crippen LogP contribution is 2.39. The van der Waals surface area contributed by atoms with Crippen molar-refractivity contribution < 1.29 is 9.53 Å². The summed E-state index contributed by atoms with van der Waals surface area (Å²) in [6.07, 6.45) is 5.87. The fourth-order valence-electron chi connectivity index (χ4n) is 3.71. The first-order chi connectivity index (χ1) is 14.6. The highest BCUT2D eigenvalue weighted by atomic mass is 32.1. The zero-order valence-electron chi connectivity index (χ0n) is 17.4. The summed E-state index contributed by atoms with van der Waals surface area (Å²) in [7, 11) is 0. The lowest BCUT2D eigenvalue weighted by Gasteiger charge is -2.35. The quantitative estimate of drug-likeness (QED) is 0.364. The van der Waals surface area contributed by atoms with E-state index in [9.17, 15) is 4.79 Å². The Morgan fingerprint density at radius 2 is 2.07 bits per heavy atom. The van der Waals surface area contributed by atoms with Crippen molar-refractivity contribution >= 4 is 24.0 Å². The van der Waals surface area contributed by atoms with Crippen molar-refractivity contribution in [3.63, 3.8) is 0 Å². The minimum absolute atomic E-state index is 0.334. The Morgan fingerprint density at radius 3 is 2.67 bits per heavy atom. The number of nitrogens with zero attached hydrogens (tertiary/aromatic N) is 6. The van der Waals surface area contributed by atoms with Gasteiger partial charge in [-0.1, -0.05) is 6.08 Å². The normalized spacial score (nSPS) is 17.2. The van der Waals surface area contributed by atoms with Crippen LogP contribution in [0.3, 0.4) is 0 Å². The molecule has 0 aromatic carbocycles. The average Bonchev–Trinajstić information content (AvgIpc) is 3.56. The number of piperazine rings is 1. The van der Waals surface area contributed by atoms with Crippen LogP contribution in [-0.4, -0.2) is 63.0 Å². The summed E-state index contributed by atoms with van der Waals surface area (Å²) in [6, 6.07) is 3.66. The molecule has 2 fully saturated rings. The monoisotopic (exact) mass is 428 g/mol. The topological polar surface area (TPSA) is 68.4 Å². The summed E-state index contributed by atoms with van der Waals surface area (Å²) in [4.78, 5) is 20.8. The van der Waals surface area contributed by atoms with E-state index >= 15 is 0 Å². The summed E-state index contributed by atoms with van der Waals surface area (Å²) in [5.74, 6) is 2.20. The van der Waals surface area contributed by atoms with Gasteiger partial charge in [0.25, 0.3) is 0 Å². The van der Waals surface area contributed by atoms with Crippen LogP contribution < -0.4 is 4.90 Å². The average molecular weight is 429 g/mol. The maximum atomic E-state index is 11.8. The number of ether oxygens (including phenoxy) is 1. The summed E-state index contributed by atoms with van der Waals surface area (Å²) < 4.78 is 9.86. The van der Waals surface area contributed by atoms with Gasteiger partial charge in [0.1, 0.15) is 11.6 Å². The Hall–Kier alpha value is -2.52. The third-order valence-electron chi connectivity index (χ3n) is 5.49. The van der Waals surface area contributed by atoms with Crippen LogP contribution in [0, 0.1) is 4.77 Å². The molecule has 0 amide bonds. The van der Waals surface area contributed by atoms with Crippen LogP contribution in [-0.2, 0) is 18.0 Å². The van der Waals surface area contributed by atoms with Crippen LogP contribution in [0.25, 0.3) is 0 Å². The summed E-state index contributed by atoms with van der Waals surface area (Å²) in [5, 5.41) is 4.82. The van der Waals surface area contributed by atoms with Gasteiger partial charge in [0.15, 0.2) is 4.77 Å². The van der Waals surface area contributed by atoms with Crippen LogP contribution in [0.2, 0.25) is 0 Å². The van der Waals surface area contributed by atoms with E-state index in [2.05, 4.69) is 25.9 Å². The predicted molar refractivity (Wildman–Crippen MR) is 117 cm³/mol. The van der Waals surface area contributed by atoms with Gasteiger partial charge in [0.2, 0.25) is 0 Å². The van der Waals surface area contributed by atoms with E-state index in [1.165, 1.54) is 12.8 Å². The molecule has 2 aliphatic rings. The molecule has 0 bridgehead atoms. The molecule has 2 aromatic heterocycles. The minimum Gasteiger partial charge on any atom is -0.462 e. The van der Waals surface area contributed by atoms with E-state index in [1.54, 1.807) is 19.2 Å². The number of rotatable bonds is 8. The Kier molecular flexibility index (Phi) is 6.29. The smallest absolute Gasteiger partial charge is 0.339 e. The molecular weight excluding hydrogens is 400 g/mol. The van der Waals surface area contributed by atoms with Crippen molar-refractivity contribution in [2.75, 3.05) is 37.7 Å². The Labute approximate surface area is 181 Å². The zero-order valence-corrected chi connectivity index (χ0v) is 18.2. The van der Waals surface area contributed by atoms with E-state index < -0.39 is 0 Å². The molecule has 30 heavy (non-hydrogen) atoms. The highest BCUT2D eigenvalue weighted by Gasteiger charge is 2.30. The number of hydrogen-bond donors (Lipinski definition) is 0. The van der Waals surface area contributed by atoms with Crippen molar-refractivity contribution in [2.45, 2.75) is 38.9 Å². The zero-order chi connectivity index (χ0) is 21.1. The third-order valence-corrected chi connectivity index (χ3v) is 5.93. The lowest BCUT2D eigenvalue weighted by Crippen LogP contribution is -2.47. The molecule has 160 valence electrons. The molecular formula is C21H28N6O2S. The molecule has 0 radical (unpaired) electrons. The number of carbonyl (C=O) groups excluding carboxylic acids is 1. The van der Waals surface area contributed by atoms with Gasteiger partial charge in [0, 0.05) is 44.8 Å². The van der Waals surface area contributed by atoms with Crippen molar-refractivity contribution in [2.24, 2.45) is 0 Å². The Bertz CT molecular complexity index is 955. The first kappa shape index (κ1) is 20.7. The Morgan fingerprint density at radius 1 is 1.30 bits per heavy atom. The fraction of sp³-hybridized carbons (Fsp3) is 0.524. The molecule has 3 heterocycles. The summed E-state index contributed by atoms with van der Waals surface area (Å²) in [5.41, 5.74) is 0.482. The molecule has 0 unspecified atom stereocenters. The predicted octanol–water partition coefficient (Wildman–Crippen LogP) is 2.83. The van der Waals surface area contributed by atoms with E-state index in [0.29, 0.717) is 31.3 Å². The molecule has 1 aliphatic heterocycles. The molecule has 1 saturated carbocycles. The fourth-order valence-corrected chi connectivity index (χ4v) is 3.98. The van der Waals surface area contributed by atoms with E-state index in [0.717, 1.165) is 42.6 Å². The number of anilines is 1. The summed E-state index contributed by atoms with van der Waals surface area (Å²) in [6.45, 7) is 10.9. The first-order valence-corrected chi connectivity index (χ1v) is 10.9. The second-order valence-corrected chi connectivity index (χ2v) is 8.05. The second-order valence-electron chi connectivity index (χ2n) is 7.69. The maximum Gasteiger partial charge on any atom is 0.339 e. The first-order valence-electron chi connectivity index (χ1n) is 10.5. The van der Waals surface area contributed by atoms with E-state index in [4.69, 9.17) is 22.1 Å². The largest absolute Gasteiger partial charge is 0.462 e. The van der Waals surface area contributed by atoms with Crippen LogP contribution in [0.5, 0.6) is 0 Å². The van der Waals surface area contributed by atoms with Crippen LogP contribution in [0.15, 0.2) is 31.0 Å². The van der Waals surface area contributed by atoms with Gasteiger partial charge < -0.3 is 9.64 Å². The molecule has 4 rings (SSSR count). The van der Waals surface area contributed by atoms with Crippen molar-refractivity contribution in [1.29, 1.82) is 0 Å². The number of hydrogen-bond acceptors (Lipinski definition) is 7. The Balaban J connectivity index is 1.36. The maximum absolute atomic E-state index is 11.8. The van der Waals surface area contributed by atoms with Gasteiger partial charge in [-0.2, -0.15) is 5.10 Å². The van der Waals surface area contributed by atoms with Crippen molar-refractivity contribution in [3.05, 3.63) is 47.1 Å². The summed E-state index contributed by atoms with van der Waals surface area (Å²) >= 11 is 5.68. The molecule has 2 aromatic rings. The molecule has 1 aliphatic carbocycles. The molecule has 9 heteroatoms. The van der Waals surface area contributed by atoms with Crippen LogP contribution >= 0.6 is 12.2 Å². The van der Waals surface area contributed by atoms with Crippen LogP contribution in [0.4, 0.5) is 5.82 Å².